The molecule has 32 heavy (non-hydrogen) atoms. The Balaban J connectivity index is 1.91. The van der Waals surface area contributed by atoms with Crippen LogP contribution in [0.1, 0.15) is 50.2 Å². The Morgan fingerprint density at radius 2 is 1.72 bits per heavy atom. The normalized spacial score (nSPS) is 20.3. The second-order valence-electron chi connectivity index (χ2n) is 9.33. The van der Waals surface area contributed by atoms with Crippen molar-refractivity contribution >= 4 is 29.0 Å². The van der Waals surface area contributed by atoms with Crippen LogP contribution in [-0.2, 0) is 9.59 Å². The molecule has 6 heteroatoms. The van der Waals surface area contributed by atoms with Crippen molar-refractivity contribution in [2.24, 2.45) is 5.41 Å². The summed E-state index contributed by atoms with van der Waals surface area (Å²) in [5.74, 6) is 0.917. The first-order valence-electron chi connectivity index (χ1n) is 10.7. The number of benzene rings is 2. The number of anilines is 1. The van der Waals surface area contributed by atoms with E-state index in [1.165, 1.54) is 0 Å². The van der Waals surface area contributed by atoms with Crippen LogP contribution in [0.5, 0.6) is 11.5 Å². The summed E-state index contributed by atoms with van der Waals surface area (Å²) in [4.78, 5) is 28.8. The number of ketones is 1. The number of rotatable bonds is 4. The minimum atomic E-state index is -0.323. The van der Waals surface area contributed by atoms with Crippen molar-refractivity contribution in [3.8, 4) is 11.5 Å². The number of halogens is 1. The maximum absolute atomic E-state index is 13.6. The maximum atomic E-state index is 13.6. The van der Waals surface area contributed by atoms with Gasteiger partial charge in [-0.25, -0.2) is 0 Å². The predicted molar refractivity (Wildman–Crippen MR) is 126 cm³/mol. The molecule has 2 aliphatic rings. The van der Waals surface area contributed by atoms with Gasteiger partial charge in [0.2, 0.25) is 5.91 Å². The maximum Gasteiger partial charge on any atom is 0.232 e. The van der Waals surface area contributed by atoms with Crippen LogP contribution < -0.4 is 14.4 Å². The number of hydrogen-bond donors (Lipinski definition) is 0. The van der Waals surface area contributed by atoms with Crippen LogP contribution in [-0.4, -0.2) is 25.9 Å². The SMILES string of the molecule is COc1ccc(C2CC(=O)N(c3cc(Cl)ccc3C)C3=C2C(=O)CC(C)(C)C3)cc1OC. The van der Waals surface area contributed by atoms with E-state index in [4.69, 9.17) is 21.1 Å². The molecule has 0 bridgehead atoms. The van der Waals surface area contributed by atoms with Crippen molar-refractivity contribution < 1.29 is 19.1 Å². The van der Waals surface area contributed by atoms with Gasteiger partial charge in [0, 0.05) is 35.1 Å². The number of methoxy groups -OCH3 is 2. The zero-order valence-corrected chi connectivity index (χ0v) is 19.9. The fourth-order valence-corrected chi connectivity index (χ4v) is 5.04. The molecule has 168 valence electrons. The predicted octanol–water partition coefficient (Wildman–Crippen LogP) is 5.83. The Morgan fingerprint density at radius 3 is 2.41 bits per heavy atom. The van der Waals surface area contributed by atoms with Crippen LogP contribution in [0.3, 0.4) is 0 Å². The molecule has 1 aliphatic heterocycles. The van der Waals surface area contributed by atoms with Crippen LogP contribution in [0.25, 0.3) is 0 Å². The van der Waals surface area contributed by atoms with Gasteiger partial charge in [-0.3, -0.25) is 14.5 Å². The average Bonchev–Trinajstić information content (AvgIpc) is 2.73. The fourth-order valence-electron chi connectivity index (χ4n) is 4.87. The summed E-state index contributed by atoms with van der Waals surface area (Å²) in [5, 5.41) is 0.559. The number of aryl methyl sites for hydroxylation is 1. The Labute approximate surface area is 194 Å². The molecule has 1 atom stereocenters. The molecule has 1 unspecified atom stereocenters. The van der Waals surface area contributed by atoms with E-state index in [0.29, 0.717) is 29.4 Å². The number of nitrogens with zero attached hydrogens (tertiary/aromatic N) is 1. The molecular weight excluding hydrogens is 426 g/mol. The lowest BCUT2D eigenvalue weighted by Crippen LogP contribution is -2.44. The first-order valence-corrected chi connectivity index (χ1v) is 11.1. The number of hydrogen-bond acceptors (Lipinski definition) is 4. The van der Waals surface area contributed by atoms with Crippen LogP contribution in [0.2, 0.25) is 5.02 Å². The van der Waals surface area contributed by atoms with Crippen molar-refractivity contribution in [2.45, 2.75) is 46.0 Å². The van der Waals surface area contributed by atoms with Crippen molar-refractivity contribution in [2.75, 3.05) is 19.1 Å². The van der Waals surface area contributed by atoms with E-state index < -0.39 is 0 Å². The fraction of sp³-hybridized carbons (Fsp3) is 0.385. The standard InChI is InChI=1S/C26H28ClNO4/c1-15-6-8-17(27)11-19(15)28-20-13-26(2,3)14-21(29)25(20)18(12-24(28)30)16-7-9-22(31-4)23(10-16)32-5/h6-11,18H,12-14H2,1-5H3. The molecular formula is C26H28ClNO4. The lowest BCUT2D eigenvalue weighted by molar-refractivity contribution is -0.121. The summed E-state index contributed by atoms with van der Waals surface area (Å²) < 4.78 is 10.8. The summed E-state index contributed by atoms with van der Waals surface area (Å²) >= 11 is 6.28. The highest BCUT2D eigenvalue weighted by molar-refractivity contribution is 6.31. The van der Waals surface area contributed by atoms with Gasteiger partial charge in [0.25, 0.3) is 0 Å². The molecule has 0 N–H and O–H groups in total. The molecule has 0 spiro atoms. The number of ether oxygens (including phenoxy) is 2. The Morgan fingerprint density at radius 1 is 1.00 bits per heavy atom. The second-order valence-corrected chi connectivity index (χ2v) is 9.77. The molecule has 1 heterocycles. The number of Topliss-reactive ketones (excluding diaryl/α,β-unsaturated/α-hetero) is 1. The molecule has 2 aromatic rings. The number of allylic oxidation sites excluding steroid dienone is 2. The second kappa shape index (κ2) is 8.28. The number of carbonyl (C=O) groups excluding carboxylic acids is 2. The topological polar surface area (TPSA) is 55.8 Å². The third-order valence-electron chi connectivity index (χ3n) is 6.36. The lowest BCUT2D eigenvalue weighted by Gasteiger charge is -2.43. The lowest BCUT2D eigenvalue weighted by atomic mass is 9.69. The molecule has 0 radical (unpaired) electrons. The summed E-state index contributed by atoms with van der Waals surface area (Å²) in [5.41, 5.74) is 3.82. The van der Waals surface area contributed by atoms with Gasteiger partial charge in [-0.05, 0) is 54.2 Å². The smallest absolute Gasteiger partial charge is 0.232 e. The van der Waals surface area contributed by atoms with E-state index in [2.05, 4.69) is 13.8 Å². The molecule has 0 saturated heterocycles. The van der Waals surface area contributed by atoms with Gasteiger partial charge in [0.1, 0.15) is 0 Å². The van der Waals surface area contributed by atoms with E-state index in [1.807, 2.05) is 43.3 Å². The van der Waals surface area contributed by atoms with Crippen molar-refractivity contribution in [1.82, 2.24) is 0 Å². The van der Waals surface area contributed by atoms with Gasteiger partial charge in [0.05, 0.1) is 19.9 Å². The summed E-state index contributed by atoms with van der Waals surface area (Å²) in [7, 11) is 3.16. The van der Waals surface area contributed by atoms with E-state index >= 15 is 0 Å². The van der Waals surface area contributed by atoms with Crippen molar-refractivity contribution in [3.63, 3.8) is 0 Å². The van der Waals surface area contributed by atoms with Crippen LogP contribution >= 0.6 is 11.6 Å². The minimum absolute atomic E-state index is 0.0422. The average molecular weight is 454 g/mol. The Bertz CT molecular complexity index is 1130. The van der Waals surface area contributed by atoms with Crippen molar-refractivity contribution in [1.29, 1.82) is 0 Å². The third kappa shape index (κ3) is 3.90. The largest absolute Gasteiger partial charge is 0.493 e. The molecule has 2 aromatic carbocycles. The van der Waals surface area contributed by atoms with Gasteiger partial charge in [-0.15, -0.1) is 0 Å². The zero-order valence-electron chi connectivity index (χ0n) is 19.1. The van der Waals surface area contributed by atoms with Crippen molar-refractivity contribution in [3.05, 3.63) is 63.8 Å². The van der Waals surface area contributed by atoms with E-state index in [0.717, 1.165) is 28.1 Å². The van der Waals surface area contributed by atoms with Gasteiger partial charge in [-0.2, -0.15) is 0 Å². The van der Waals surface area contributed by atoms with Gasteiger partial charge in [-0.1, -0.05) is 37.6 Å². The third-order valence-corrected chi connectivity index (χ3v) is 6.60. The van der Waals surface area contributed by atoms with E-state index in [-0.39, 0.29) is 29.4 Å². The highest BCUT2D eigenvalue weighted by atomic mass is 35.5. The first kappa shape index (κ1) is 22.4. The minimum Gasteiger partial charge on any atom is -0.493 e. The van der Waals surface area contributed by atoms with Crippen LogP contribution in [0.15, 0.2) is 47.7 Å². The van der Waals surface area contributed by atoms with Gasteiger partial charge < -0.3 is 9.47 Å². The Kier molecular flexibility index (Phi) is 5.80. The number of carbonyl (C=O) groups is 2. The Hall–Kier alpha value is -2.79. The molecule has 4 rings (SSSR count). The monoisotopic (exact) mass is 453 g/mol. The van der Waals surface area contributed by atoms with Crippen LogP contribution in [0, 0.1) is 12.3 Å². The molecule has 0 aromatic heterocycles. The van der Waals surface area contributed by atoms with E-state index in [1.54, 1.807) is 19.1 Å². The zero-order chi connectivity index (χ0) is 23.2. The molecule has 0 saturated carbocycles. The van der Waals surface area contributed by atoms with E-state index in [9.17, 15) is 9.59 Å². The van der Waals surface area contributed by atoms with Gasteiger partial charge >= 0.3 is 0 Å². The summed E-state index contributed by atoms with van der Waals surface area (Å²) in [6.45, 7) is 6.10. The summed E-state index contributed by atoms with van der Waals surface area (Å²) in [6.07, 6.45) is 1.29. The molecule has 1 amide bonds. The first-order chi connectivity index (χ1) is 15.1. The molecule has 5 nitrogen and oxygen atoms in total. The molecule has 0 fully saturated rings. The highest BCUT2D eigenvalue weighted by Gasteiger charge is 2.44. The quantitative estimate of drug-likeness (QED) is 0.584. The number of amides is 1. The summed E-state index contributed by atoms with van der Waals surface area (Å²) in [6, 6.07) is 11.1. The van der Waals surface area contributed by atoms with Crippen LogP contribution in [0.4, 0.5) is 5.69 Å². The van der Waals surface area contributed by atoms with Gasteiger partial charge in [0.15, 0.2) is 17.3 Å². The highest BCUT2D eigenvalue weighted by Crippen LogP contribution is 2.49. The molecule has 1 aliphatic carbocycles.